The molecule has 0 fully saturated rings. The molecule has 0 N–H and O–H groups in total. The van der Waals surface area contributed by atoms with Crippen LogP contribution in [0.1, 0.15) is 22.3 Å². The SMILES string of the molecule is O=C1C=C(c2ccccc2)c2ccccc2-c2ccccc2C(c2ccccc2)=C1. The molecular weight excluding hydrogens is 364 g/mol. The Hall–Kier alpha value is -3.97. The molecule has 0 amide bonds. The van der Waals surface area contributed by atoms with E-state index in [-0.39, 0.29) is 5.78 Å². The first-order valence-corrected chi connectivity index (χ1v) is 10.1. The molecule has 0 heterocycles. The summed E-state index contributed by atoms with van der Waals surface area (Å²) >= 11 is 0. The number of allylic oxidation sites excluding steroid dienone is 2. The molecule has 1 aliphatic rings. The number of hydrogen-bond acceptors (Lipinski definition) is 1. The van der Waals surface area contributed by atoms with Crippen LogP contribution >= 0.6 is 0 Å². The smallest absolute Gasteiger partial charge is 0.179 e. The Balaban J connectivity index is 1.85. The number of carbonyl (C=O) groups is 1. The Morgan fingerprint density at radius 2 is 0.700 bits per heavy atom. The van der Waals surface area contributed by atoms with Gasteiger partial charge in [-0.2, -0.15) is 0 Å². The highest BCUT2D eigenvalue weighted by molar-refractivity contribution is 6.14. The summed E-state index contributed by atoms with van der Waals surface area (Å²) in [6.07, 6.45) is 3.53. The first-order valence-electron chi connectivity index (χ1n) is 10.1. The average Bonchev–Trinajstić information content (AvgIpc) is 2.87. The zero-order chi connectivity index (χ0) is 20.3. The van der Waals surface area contributed by atoms with E-state index in [9.17, 15) is 4.79 Å². The summed E-state index contributed by atoms with van der Waals surface area (Å²) < 4.78 is 0. The summed E-state index contributed by atoms with van der Waals surface area (Å²) in [5.74, 6) is -0.0146. The van der Waals surface area contributed by atoms with E-state index in [1.54, 1.807) is 12.2 Å². The van der Waals surface area contributed by atoms with E-state index in [2.05, 4.69) is 60.7 Å². The van der Waals surface area contributed by atoms with Crippen LogP contribution in [0.25, 0.3) is 22.3 Å². The lowest BCUT2D eigenvalue weighted by molar-refractivity contribution is -0.110. The molecule has 1 heteroatoms. The minimum Gasteiger partial charge on any atom is -0.290 e. The van der Waals surface area contributed by atoms with Crippen LogP contribution in [0.5, 0.6) is 0 Å². The highest BCUT2D eigenvalue weighted by Crippen LogP contribution is 2.39. The lowest BCUT2D eigenvalue weighted by atomic mass is 9.87. The van der Waals surface area contributed by atoms with Crippen molar-refractivity contribution in [3.05, 3.63) is 144 Å². The third kappa shape index (κ3) is 3.31. The van der Waals surface area contributed by atoms with Crippen LogP contribution in [0.2, 0.25) is 0 Å². The normalized spacial score (nSPS) is 13.1. The zero-order valence-electron chi connectivity index (χ0n) is 16.5. The molecule has 0 spiro atoms. The molecule has 0 saturated heterocycles. The second kappa shape index (κ2) is 7.81. The van der Waals surface area contributed by atoms with E-state index in [1.807, 2.05) is 48.5 Å². The molecule has 4 aromatic rings. The van der Waals surface area contributed by atoms with E-state index in [0.717, 1.165) is 44.5 Å². The minimum absolute atomic E-state index is 0.0146. The predicted molar refractivity (Wildman–Crippen MR) is 124 cm³/mol. The van der Waals surface area contributed by atoms with E-state index in [1.165, 1.54) is 0 Å². The maximum Gasteiger partial charge on any atom is 0.179 e. The van der Waals surface area contributed by atoms with Crippen molar-refractivity contribution in [2.75, 3.05) is 0 Å². The summed E-state index contributed by atoms with van der Waals surface area (Å²) in [6.45, 7) is 0. The van der Waals surface area contributed by atoms with E-state index < -0.39 is 0 Å². The fourth-order valence-corrected chi connectivity index (χ4v) is 4.10. The van der Waals surface area contributed by atoms with Gasteiger partial charge in [0.15, 0.2) is 5.78 Å². The molecule has 30 heavy (non-hydrogen) atoms. The first-order chi connectivity index (χ1) is 14.8. The van der Waals surface area contributed by atoms with Crippen molar-refractivity contribution < 1.29 is 4.79 Å². The van der Waals surface area contributed by atoms with Crippen molar-refractivity contribution in [3.63, 3.8) is 0 Å². The second-order valence-electron chi connectivity index (χ2n) is 7.34. The maximum absolute atomic E-state index is 13.2. The zero-order valence-corrected chi connectivity index (χ0v) is 16.5. The van der Waals surface area contributed by atoms with Gasteiger partial charge < -0.3 is 0 Å². The van der Waals surface area contributed by atoms with Gasteiger partial charge in [-0.1, -0.05) is 109 Å². The summed E-state index contributed by atoms with van der Waals surface area (Å²) in [6, 6.07) is 36.9. The van der Waals surface area contributed by atoms with Crippen molar-refractivity contribution in [1.82, 2.24) is 0 Å². The number of rotatable bonds is 2. The molecule has 142 valence electrons. The van der Waals surface area contributed by atoms with Crippen LogP contribution in [0.4, 0.5) is 0 Å². The van der Waals surface area contributed by atoms with Gasteiger partial charge in [0.1, 0.15) is 0 Å². The van der Waals surface area contributed by atoms with Crippen LogP contribution < -0.4 is 0 Å². The summed E-state index contributed by atoms with van der Waals surface area (Å²) in [5, 5.41) is 0. The van der Waals surface area contributed by atoms with Crippen LogP contribution in [0.3, 0.4) is 0 Å². The maximum atomic E-state index is 13.2. The molecule has 0 saturated carbocycles. The van der Waals surface area contributed by atoms with Gasteiger partial charge in [0.05, 0.1) is 0 Å². The molecule has 5 rings (SSSR count). The Kier molecular flexibility index (Phi) is 4.71. The Bertz CT molecular complexity index is 1180. The lowest BCUT2D eigenvalue weighted by Crippen LogP contribution is -1.95. The van der Waals surface area contributed by atoms with Crippen LogP contribution in [0, 0.1) is 0 Å². The minimum atomic E-state index is -0.0146. The monoisotopic (exact) mass is 384 g/mol. The van der Waals surface area contributed by atoms with Crippen molar-refractivity contribution in [2.45, 2.75) is 0 Å². The highest BCUT2D eigenvalue weighted by Gasteiger charge is 2.19. The standard InChI is InChI=1S/C29H20O/c30-23-19-28(21-11-3-1-4-12-21)26-17-9-7-15-24(26)25-16-8-10-18-27(25)29(20-23)22-13-5-2-6-14-22/h1-20H. The third-order valence-electron chi connectivity index (χ3n) is 5.47. The first kappa shape index (κ1) is 18.1. The fraction of sp³-hybridized carbons (Fsp3) is 0. The van der Waals surface area contributed by atoms with Crippen LogP contribution in [0.15, 0.2) is 121 Å². The molecular formula is C29H20O. The largest absolute Gasteiger partial charge is 0.290 e. The summed E-state index contributed by atoms with van der Waals surface area (Å²) in [5.41, 5.74) is 8.33. The summed E-state index contributed by atoms with van der Waals surface area (Å²) in [4.78, 5) is 13.2. The molecule has 0 aliphatic heterocycles. The molecule has 4 aromatic carbocycles. The number of ketones is 1. The number of fused-ring (bicyclic) bond motifs is 3. The molecule has 0 aromatic heterocycles. The van der Waals surface area contributed by atoms with Crippen molar-refractivity contribution in [1.29, 1.82) is 0 Å². The Morgan fingerprint density at radius 1 is 0.367 bits per heavy atom. The lowest BCUT2D eigenvalue weighted by Gasteiger charge is -2.17. The van der Waals surface area contributed by atoms with Gasteiger partial charge in [0.25, 0.3) is 0 Å². The fourth-order valence-electron chi connectivity index (χ4n) is 4.10. The topological polar surface area (TPSA) is 17.1 Å². The van der Waals surface area contributed by atoms with E-state index in [0.29, 0.717) is 0 Å². The molecule has 1 nitrogen and oxygen atoms in total. The van der Waals surface area contributed by atoms with Crippen molar-refractivity contribution in [2.24, 2.45) is 0 Å². The quantitative estimate of drug-likeness (QED) is 0.371. The van der Waals surface area contributed by atoms with Gasteiger partial charge >= 0.3 is 0 Å². The molecule has 0 atom stereocenters. The highest BCUT2D eigenvalue weighted by atomic mass is 16.1. The molecule has 0 bridgehead atoms. The average molecular weight is 384 g/mol. The van der Waals surface area contributed by atoms with Crippen molar-refractivity contribution in [3.8, 4) is 11.1 Å². The number of hydrogen-bond donors (Lipinski definition) is 0. The number of carbonyl (C=O) groups excluding carboxylic acids is 1. The van der Waals surface area contributed by atoms with Gasteiger partial charge in [-0.05, 0) is 56.7 Å². The predicted octanol–water partition coefficient (Wildman–Crippen LogP) is 6.80. The third-order valence-corrected chi connectivity index (χ3v) is 5.47. The van der Waals surface area contributed by atoms with E-state index >= 15 is 0 Å². The van der Waals surface area contributed by atoms with Gasteiger partial charge in [-0.15, -0.1) is 0 Å². The number of benzene rings is 4. The molecule has 0 radical (unpaired) electrons. The van der Waals surface area contributed by atoms with Crippen molar-refractivity contribution >= 4 is 16.9 Å². The van der Waals surface area contributed by atoms with Gasteiger partial charge in [-0.25, -0.2) is 0 Å². The van der Waals surface area contributed by atoms with Gasteiger partial charge in [-0.3, -0.25) is 4.79 Å². The Labute approximate surface area is 176 Å². The molecule has 0 unspecified atom stereocenters. The van der Waals surface area contributed by atoms with E-state index in [4.69, 9.17) is 0 Å². The second-order valence-corrected chi connectivity index (χ2v) is 7.34. The molecule has 1 aliphatic carbocycles. The van der Waals surface area contributed by atoms with Crippen LogP contribution in [-0.2, 0) is 4.79 Å². The summed E-state index contributed by atoms with van der Waals surface area (Å²) in [7, 11) is 0. The van der Waals surface area contributed by atoms with Crippen LogP contribution in [-0.4, -0.2) is 5.78 Å². The van der Waals surface area contributed by atoms with Gasteiger partial charge in [0.2, 0.25) is 0 Å². The van der Waals surface area contributed by atoms with Gasteiger partial charge in [0, 0.05) is 0 Å². The Morgan fingerprint density at radius 3 is 1.10 bits per heavy atom.